The molecular formula is C20H20F3NS. The van der Waals surface area contributed by atoms with Crippen LogP contribution in [0, 0.1) is 13.8 Å². The number of allylic oxidation sites excluding steroid dienone is 1. The third-order valence-corrected chi connectivity index (χ3v) is 4.75. The Morgan fingerprint density at radius 1 is 1.12 bits per heavy atom. The highest BCUT2D eigenvalue weighted by Crippen LogP contribution is 2.32. The van der Waals surface area contributed by atoms with Crippen molar-refractivity contribution >= 4 is 22.4 Å². The summed E-state index contributed by atoms with van der Waals surface area (Å²) in [5.41, 5.74) is 10.1. The maximum absolute atomic E-state index is 12.6. The molecule has 25 heavy (non-hydrogen) atoms. The van der Waals surface area contributed by atoms with Crippen LogP contribution in [0.15, 0.2) is 54.5 Å². The van der Waals surface area contributed by atoms with Crippen LogP contribution in [-0.2, 0) is 12.6 Å². The predicted octanol–water partition coefficient (Wildman–Crippen LogP) is 6.36. The van der Waals surface area contributed by atoms with Gasteiger partial charge in [-0.3, -0.25) is 0 Å². The summed E-state index contributed by atoms with van der Waals surface area (Å²) >= 11 is 1.39. The monoisotopic (exact) mass is 363 g/mol. The van der Waals surface area contributed by atoms with E-state index in [4.69, 9.17) is 5.73 Å². The van der Waals surface area contributed by atoms with Gasteiger partial charge in [0.15, 0.2) is 0 Å². The SMILES string of the molecule is C=C(S/C=C/Cc1cc(C)c(N)cc1C)c1ccc(C(F)(F)F)cc1. The highest BCUT2D eigenvalue weighted by Gasteiger charge is 2.29. The van der Waals surface area contributed by atoms with Crippen molar-refractivity contribution in [1.29, 1.82) is 0 Å². The van der Waals surface area contributed by atoms with Gasteiger partial charge in [-0.1, -0.05) is 42.6 Å². The third kappa shape index (κ3) is 5.16. The molecule has 2 rings (SSSR count). The molecule has 2 N–H and O–H groups in total. The van der Waals surface area contributed by atoms with Crippen LogP contribution in [0.5, 0.6) is 0 Å². The zero-order valence-corrected chi connectivity index (χ0v) is 15.0. The summed E-state index contributed by atoms with van der Waals surface area (Å²) in [6.07, 6.45) is -1.54. The Kier molecular flexibility index (Phi) is 6.01. The van der Waals surface area contributed by atoms with E-state index in [1.165, 1.54) is 29.5 Å². The van der Waals surface area contributed by atoms with Crippen LogP contribution in [0.25, 0.3) is 4.91 Å². The molecule has 0 atom stereocenters. The molecule has 0 aliphatic heterocycles. The topological polar surface area (TPSA) is 26.0 Å². The second-order valence-electron chi connectivity index (χ2n) is 5.83. The van der Waals surface area contributed by atoms with Crippen LogP contribution in [0.1, 0.15) is 27.8 Å². The van der Waals surface area contributed by atoms with Gasteiger partial charge >= 0.3 is 6.18 Å². The molecule has 0 aliphatic rings. The number of hydrogen-bond donors (Lipinski definition) is 1. The van der Waals surface area contributed by atoms with Gasteiger partial charge in [0, 0.05) is 10.6 Å². The molecule has 5 heteroatoms. The highest BCUT2D eigenvalue weighted by molar-refractivity contribution is 8.10. The molecule has 132 valence electrons. The first-order chi connectivity index (χ1) is 11.7. The number of rotatable bonds is 5. The average molecular weight is 363 g/mol. The van der Waals surface area contributed by atoms with Gasteiger partial charge in [-0.2, -0.15) is 13.2 Å². The molecule has 0 bridgehead atoms. The lowest BCUT2D eigenvalue weighted by atomic mass is 10.0. The van der Waals surface area contributed by atoms with E-state index in [0.717, 1.165) is 35.4 Å². The van der Waals surface area contributed by atoms with Gasteiger partial charge in [-0.05, 0) is 66.1 Å². The minimum Gasteiger partial charge on any atom is -0.399 e. The van der Waals surface area contributed by atoms with E-state index in [1.54, 1.807) is 0 Å². The van der Waals surface area contributed by atoms with E-state index in [2.05, 4.69) is 12.6 Å². The van der Waals surface area contributed by atoms with Crippen molar-refractivity contribution in [3.63, 3.8) is 0 Å². The fraction of sp³-hybridized carbons (Fsp3) is 0.200. The second-order valence-corrected chi connectivity index (χ2v) is 6.83. The lowest BCUT2D eigenvalue weighted by Gasteiger charge is -2.08. The van der Waals surface area contributed by atoms with Crippen molar-refractivity contribution in [2.45, 2.75) is 26.4 Å². The molecule has 0 spiro atoms. The number of benzene rings is 2. The molecule has 0 unspecified atom stereocenters. The molecule has 0 fully saturated rings. The van der Waals surface area contributed by atoms with Gasteiger partial charge in [0.1, 0.15) is 0 Å². The quantitative estimate of drug-likeness (QED) is 0.625. The summed E-state index contributed by atoms with van der Waals surface area (Å²) in [5.74, 6) is 0. The number of thioether (sulfide) groups is 1. The molecule has 0 radical (unpaired) electrons. The summed E-state index contributed by atoms with van der Waals surface area (Å²) in [4.78, 5) is 0.704. The van der Waals surface area contributed by atoms with Gasteiger partial charge in [0.25, 0.3) is 0 Å². The number of anilines is 1. The molecule has 0 amide bonds. The Morgan fingerprint density at radius 3 is 2.36 bits per heavy atom. The van der Waals surface area contributed by atoms with Crippen molar-refractivity contribution < 1.29 is 13.2 Å². The van der Waals surface area contributed by atoms with Gasteiger partial charge in [-0.15, -0.1) is 0 Å². The predicted molar refractivity (Wildman–Crippen MR) is 101 cm³/mol. The van der Waals surface area contributed by atoms with Crippen molar-refractivity contribution in [2.24, 2.45) is 0 Å². The maximum Gasteiger partial charge on any atom is 0.416 e. The largest absolute Gasteiger partial charge is 0.416 e. The first kappa shape index (κ1) is 19.2. The van der Waals surface area contributed by atoms with Crippen molar-refractivity contribution in [3.05, 3.63) is 82.3 Å². The molecule has 1 nitrogen and oxygen atoms in total. The van der Waals surface area contributed by atoms with E-state index >= 15 is 0 Å². The zero-order valence-electron chi connectivity index (χ0n) is 14.2. The Balaban J connectivity index is 1.96. The third-order valence-electron chi connectivity index (χ3n) is 3.90. The molecule has 0 aliphatic carbocycles. The van der Waals surface area contributed by atoms with Crippen LogP contribution in [-0.4, -0.2) is 0 Å². The van der Waals surface area contributed by atoms with Crippen molar-refractivity contribution in [3.8, 4) is 0 Å². The lowest BCUT2D eigenvalue weighted by molar-refractivity contribution is -0.137. The Bertz CT molecular complexity index is 790. The fourth-order valence-corrected chi connectivity index (χ4v) is 2.97. The van der Waals surface area contributed by atoms with Gasteiger partial charge < -0.3 is 5.73 Å². The van der Waals surface area contributed by atoms with Crippen LogP contribution >= 0.6 is 11.8 Å². The number of aryl methyl sites for hydroxylation is 2. The second kappa shape index (κ2) is 7.83. The Morgan fingerprint density at radius 2 is 1.76 bits per heavy atom. The standard InChI is InChI=1S/C20H20F3NS/c1-13-12-19(24)14(2)11-17(13)5-4-10-25-15(3)16-6-8-18(9-7-16)20(21,22)23/h4,6-12H,3,5,24H2,1-2H3/b10-4+. The average Bonchev–Trinajstić information content (AvgIpc) is 2.55. The Labute approximate surface area is 150 Å². The van der Waals surface area contributed by atoms with Gasteiger partial charge in [0.2, 0.25) is 0 Å². The lowest BCUT2D eigenvalue weighted by Crippen LogP contribution is -2.04. The molecule has 0 heterocycles. The number of alkyl halides is 3. The number of halogens is 3. The molecule has 2 aromatic rings. The van der Waals surface area contributed by atoms with Crippen molar-refractivity contribution in [2.75, 3.05) is 5.73 Å². The van der Waals surface area contributed by atoms with Gasteiger partial charge in [-0.25, -0.2) is 0 Å². The van der Waals surface area contributed by atoms with Crippen LogP contribution in [0.3, 0.4) is 0 Å². The molecule has 0 saturated heterocycles. The first-order valence-electron chi connectivity index (χ1n) is 7.72. The smallest absolute Gasteiger partial charge is 0.399 e. The molecule has 0 saturated carbocycles. The van der Waals surface area contributed by atoms with E-state index in [1.807, 2.05) is 31.4 Å². The molecule has 0 aromatic heterocycles. The van der Waals surface area contributed by atoms with Crippen LogP contribution in [0.2, 0.25) is 0 Å². The number of hydrogen-bond acceptors (Lipinski definition) is 2. The number of nitrogens with two attached hydrogens (primary N) is 1. The fourth-order valence-electron chi connectivity index (χ4n) is 2.34. The summed E-state index contributed by atoms with van der Waals surface area (Å²) in [7, 11) is 0. The summed E-state index contributed by atoms with van der Waals surface area (Å²) < 4.78 is 37.7. The van der Waals surface area contributed by atoms with E-state index in [-0.39, 0.29) is 0 Å². The summed E-state index contributed by atoms with van der Waals surface area (Å²) in [6, 6.07) is 9.08. The van der Waals surface area contributed by atoms with Crippen molar-refractivity contribution in [1.82, 2.24) is 0 Å². The minimum atomic E-state index is -4.32. The molecule has 2 aromatic carbocycles. The van der Waals surface area contributed by atoms with E-state index in [0.29, 0.717) is 10.5 Å². The zero-order chi connectivity index (χ0) is 18.6. The normalized spacial score (nSPS) is 11.9. The molecular weight excluding hydrogens is 343 g/mol. The minimum absolute atomic E-state index is 0.654. The van der Waals surface area contributed by atoms with Gasteiger partial charge in [0.05, 0.1) is 5.56 Å². The summed E-state index contributed by atoms with van der Waals surface area (Å²) in [6.45, 7) is 7.92. The maximum atomic E-state index is 12.6. The van der Waals surface area contributed by atoms with Crippen LogP contribution < -0.4 is 5.73 Å². The van der Waals surface area contributed by atoms with Crippen LogP contribution in [0.4, 0.5) is 18.9 Å². The first-order valence-corrected chi connectivity index (χ1v) is 8.60. The summed E-state index contributed by atoms with van der Waals surface area (Å²) in [5, 5.41) is 1.91. The highest BCUT2D eigenvalue weighted by atomic mass is 32.2. The Hall–Kier alpha value is -2.14. The van der Waals surface area contributed by atoms with E-state index in [9.17, 15) is 13.2 Å². The number of nitrogen functional groups attached to an aromatic ring is 1. The van der Waals surface area contributed by atoms with E-state index < -0.39 is 11.7 Å².